The smallest absolute Gasteiger partial charge is 0.311 e. The van der Waals surface area contributed by atoms with Crippen molar-refractivity contribution in [2.75, 3.05) is 13.1 Å². The molecule has 0 aliphatic carbocycles. The number of aryl methyl sites for hydroxylation is 1. The zero-order valence-electron chi connectivity index (χ0n) is 12.2. The number of nitrogens with zero attached hydrogens (tertiary/aromatic N) is 3. The van der Waals surface area contributed by atoms with E-state index in [1.165, 1.54) is 24.1 Å². The number of aromatic nitrogens is 2. The molecule has 1 atom stereocenters. The highest BCUT2D eigenvalue weighted by atomic mass is 16.4. The molecule has 1 amide bonds. The van der Waals surface area contributed by atoms with Crippen LogP contribution in [0.1, 0.15) is 36.7 Å². The van der Waals surface area contributed by atoms with Crippen molar-refractivity contribution in [3.63, 3.8) is 0 Å². The van der Waals surface area contributed by atoms with E-state index >= 15 is 0 Å². The molecule has 21 heavy (non-hydrogen) atoms. The SMILES string of the molecule is CCC1(C(=O)O)CCCN(C(=O)c2ccc(=O)n(C)n2)C1. The first-order valence-corrected chi connectivity index (χ1v) is 6.96. The van der Waals surface area contributed by atoms with Crippen LogP contribution in [-0.2, 0) is 11.8 Å². The molecule has 7 heteroatoms. The lowest BCUT2D eigenvalue weighted by Crippen LogP contribution is -2.50. The van der Waals surface area contributed by atoms with Gasteiger partial charge in [-0.2, -0.15) is 5.10 Å². The largest absolute Gasteiger partial charge is 0.481 e. The van der Waals surface area contributed by atoms with Crippen molar-refractivity contribution in [2.24, 2.45) is 12.5 Å². The molecule has 0 bridgehead atoms. The summed E-state index contributed by atoms with van der Waals surface area (Å²) < 4.78 is 1.10. The van der Waals surface area contributed by atoms with E-state index in [1.807, 2.05) is 6.92 Å². The number of likely N-dealkylation sites (tertiary alicyclic amines) is 1. The van der Waals surface area contributed by atoms with E-state index in [2.05, 4.69) is 5.10 Å². The Kier molecular flexibility index (Phi) is 4.11. The van der Waals surface area contributed by atoms with Crippen LogP contribution in [0.5, 0.6) is 0 Å². The molecule has 7 nitrogen and oxygen atoms in total. The van der Waals surface area contributed by atoms with Gasteiger partial charge in [-0.15, -0.1) is 0 Å². The van der Waals surface area contributed by atoms with Gasteiger partial charge in [0, 0.05) is 26.2 Å². The predicted molar refractivity (Wildman–Crippen MR) is 75.0 cm³/mol. The fourth-order valence-corrected chi connectivity index (χ4v) is 2.70. The highest BCUT2D eigenvalue weighted by molar-refractivity contribution is 5.92. The highest BCUT2D eigenvalue weighted by Gasteiger charge is 2.42. The molecule has 0 radical (unpaired) electrons. The van der Waals surface area contributed by atoms with Gasteiger partial charge < -0.3 is 10.0 Å². The summed E-state index contributed by atoms with van der Waals surface area (Å²) in [5.74, 6) is -1.19. The van der Waals surface area contributed by atoms with Crippen molar-refractivity contribution in [3.8, 4) is 0 Å². The van der Waals surface area contributed by atoms with Crippen LogP contribution >= 0.6 is 0 Å². The molecule has 114 valence electrons. The summed E-state index contributed by atoms with van der Waals surface area (Å²) in [5, 5.41) is 13.4. The number of carbonyl (C=O) groups is 2. The Balaban J connectivity index is 2.24. The Morgan fingerprint density at radius 1 is 1.43 bits per heavy atom. The predicted octanol–water partition coefficient (Wildman–Crippen LogP) is 0.497. The molecule has 0 aromatic carbocycles. The van der Waals surface area contributed by atoms with Gasteiger partial charge in [0.1, 0.15) is 5.69 Å². The first-order chi connectivity index (χ1) is 9.89. The number of hydrogen-bond donors (Lipinski definition) is 1. The van der Waals surface area contributed by atoms with Crippen LogP contribution in [0.2, 0.25) is 0 Å². The second-order valence-electron chi connectivity index (χ2n) is 5.45. The second-order valence-corrected chi connectivity index (χ2v) is 5.45. The monoisotopic (exact) mass is 293 g/mol. The van der Waals surface area contributed by atoms with Gasteiger partial charge in [0.15, 0.2) is 0 Å². The van der Waals surface area contributed by atoms with Crippen LogP contribution in [0.4, 0.5) is 0 Å². The molecule has 1 aliphatic rings. The van der Waals surface area contributed by atoms with E-state index in [9.17, 15) is 19.5 Å². The summed E-state index contributed by atoms with van der Waals surface area (Å²) in [5.41, 5.74) is -1.01. The number of carboxylic acid groups (broad SMARTS) is 1. The highest BCUT2D eigenvalue weighted by Crippen LogP contribution is 2.34. The molecule has 1 fully saturated rings. The zero-order valence-corrected chi connectivity index (χ0v) is 12.2. The Hall–Kier alpha value is -2.18. The normalized spacial score (nSPS) is 22.1. The lowest BCUT2D eigenvalue weighted by Gasteiger charge is -2.39. The lowest BCUT2D eigenvalue weighted by molar-refractivity contribution is -0.152. The number of piperidine rings is 1. The maximum Gasteiger partial charge on any atom is 0.311 e. The summed E-state index contributed by atoms with van der Waals surface area (Å²) in [6.45, 7) is 2.52. The van der Waals surface area contributed by atoms with Gasteiger partial charge in [0.05, 0.1) is 5.41 Å². The minimum absolute atomic E-state index is 0.161. The van der Waals surface area contributed by atoms with E-state index in [1.54, 1.807) is 0 Å². The number of rotatable bonds is 3. The first-order valence-electron chi connectivity index (χ1n) is 6.96. The van der Waals surface area contributed by atoms with Gasteiger partial charge in [-0.25, -0.2) is 4.68 Å². The summed E-state index contributed by atoms with van der Waals surface area (Å²) in [4.78, 5) is 36.8. The molecule has 2 heterocycles. The van der Waals surface area contributed by atoms with Gasteiger partial charge in [0.2, 0.25) is 0 Å². The van der Waals surface area contributed by atoms with Gasteiger partial charge in [-0.05, 0) is 25.3 Å². The molecule has 2 rings (SSSR count). The average Bonchev–Trinajstić information content (AvgIpc) is 2.49. The number of carbonyl (C=O) groups excluding carboxylic acids is 1. The molecule has 1 aromatic heterocycles. The summed E-state index contributed by atoms with van der Waals surface area (Å²) in [7, 11) is 1.48. The van der Waals surface area contributed by atoms with Gasteiger partial charge in [-0.3, -0.25) is 14.4 Å². The van der Waals surface area contributed by atoms with E-state index < -0.39 is 11.4 Å². The maximum atomic E-state index is 12.4. The van der Waals surface area contributed by atoms with Crippen molar-refractivity contribution < 1.29 is 14.7 Å². The van der Waals surface area contributed by atoms with Crippen LogP contribution in [-0.4, -0.2) is 44.8 Å². The summed E-state index contributed by atoms with van der Waals surface area (Å²) in [6, 6.07) is 2.67. The van der Waals surface area contributed by atoms with Crippen molar-refractivity contribution in [2.45, 2.75) is 26.2 Å². The molecular formula is C14H19N3O4. The van der Waals surface area contributed by atoms with Crippen LogP contribution in [0.3, 0.4) is 0 Å². The number of hydrogen-bond acceptors (Lipinski definition) is 4. The van der Waals surface area contributed by atoms with Gasteiger partial charge >= 0.3 is 5.97 Å². The molecule has 1 unspecified atom stereocenters. The minimum atomic E-state index is -0.880. The van der Waals surface area contributed by atoms with E-state index in [-0.39, 0.29) is 23.7 Å². The molecule has 0 saturated carbocycles. The standard InChI is InChI=1S/C14H19N3O4/c1-3-14(13(20)21)7-4-8-17(9-14)12(19)10-5-6-11(18)16(2)15-10/h5-6H,3-4,7-9H2,1-2H3,(H,20,21). The van der Waals surface area contributed by atoms with Crippen molar-refractivity contribution in [3.05, 3.63) is 28.2 Å². The second kappa shape index (κ2) is 5.67. The van der Waals surface area contributed by atoms with Crippen molar-refractivity contribution in [1.29, 1.82) is 0 Å². The number of carboxylic acids is 1. The quantitative estimate of drug-likeness (QED) is 0.876. The van der Waals surface area contributed by atoms with Gasteiger partial charge in [-0.1, -0.05) is 6.92 Å². The Morgan fingerprint density at radius 2 is 2.14 bits per heavy atom. The number of amides is 1. The average molecular weight is 293 g/mol. The Morgan fingerprint density at radius 3 is 2.71 bits per heavy atom. The third kappa shape index (κ3) is 2.81. The minimum Gasteiger partial charge on any atom is -0.481 e. The van der Waals surface area contributed by atoms with E-state index in [0.29, 0.717) is 25.8 Å². The van der Waals surface area contributed by atoms with Crippen molar-refractivity contribution >= 4 is 11.9 Å². The third-order valence-corrected chi connectivity index (χ3v) is 4.17. The molecular weight excluding hydrogens is 274 g/mol. The van der Waals surface area contributed by atoms with Gasteiger partial charge in [0.25, 0.3) is 11.5 Å². The number of aliphatic carboxylic acids is 1. The lowest BCUT2D eigenvalue weighted by atomic mass is 9.77. The molecule has 1 N–H and O–H groups in total. The summed E-state index contributed by atoms with van der Waals surface area (Å²) >= 11 is 0. The molecule has 1 aromatic rings. The topological polar surface area (TPSA) is 92.5 Å². The fraction of sp³-hybridized carbons (Fsp3) is 0.571. The van der Waals surface area contributed by atoms with E-state index in [0.717, 1.165) is 4.68 Å². The first kappa shape index (κ1) is 15.2. The molecule has 1 saturated heterocycles. The summed E-state index contributed by atoms with van der Waals surface area (Å²) in [6.07, 6.45) is 1.70. The molecule has 0 spiro atoms. The third-order valence-electron chi connectivity index (χ3n) is 4.17. The zero-order chi connectivity index (χ0) is 15.6. The molecule has 1 aliphatic heterocycles. The van der Waals surface area contributed by atoms with Crippen LogP contribution in [0, 0.1) is 5.41 Å². The Labute approximate surface area is 122 Å². The van der Waals surface area contributed by atoms with Crippen molar-refractivity contribution in [1.82, 2.24) is 14.7 Å². The van der Waals surface area contributed by atoms with Crippen LogP contribution in [0.15, 0.2) is 16.9 Å². The van der Waals surface area contributed by atoms with Crippen LogP contribution in [0.25, 0.3) is 0 Å². The fourth-order valence-electron chi connectivity index (χ4n) is 2.70. The van der Waals surface area contributed by atoms with Crippen LogP contribution < -0.4 is 5.56 Å². The van der Waals surface area contributed by atoms with E-state index in [4.69, 9.17) is 0 Å². The maximum absolute atomic E-state index is 12.4. The Bertz CT molecular complexity index is 625.